The Labute approximate surface area is 153 Å². The number of fused-ring (bicyclic) bond motifs is 1. The number of carbonyl (C=O) groups excluding carboxylic acids is 1. The molecule has 3 rings (SSSR count). The van der Waals surface area contributed by atoms with Crippen LogP contribution in [0, 0.1) is 0 Å². The summed E-state index contributed by atoms with van der Waals surface area (Å²) in [6.07, 6.45) is 1.88. The predicted molar refractivity (Wildman–Crippen MR) is 100 cm³/mol. The monoisotopic (exact) mass is 352 g/mol. The van der Waals surface area contributed by atoms with E-state index in [1.54, 1.807) is 0 Å². The molecule has 0 saturated heterocycles. The molecule has 0 aliphatic carbocycles. The van der Waals surface area contributed by atoms with Crippen LogP contribution in [-0.2, 0) is 10.2 Å². The van der Waals surface area contributed by atoms with Crippen molar-refractivity contribution in [3.8, 4) is 5.75 Å². The smallest absolute Gasteiger partial charge is 0.258 e. The van der Waals surface area contributed by atoms with E-state index < -0.39 is 0 Å². The van der Waals surface area contributed by atoms with Gasteiger partial charge in [0.1, 0.15) is 5.75 Å². The number of hydrogen-bond acceptors (Lipinski definition) is 4. The lowest BCUT2D eigenvalue weighted by atomic mass is 9.87. The molecule has 26 heavy (non-hydrogen) atoms. The van der Waals surface area contributed by atoms with E-state index in [9.17, 15) is 4.79 Å². The SMILES string of the molecule is CC(NC(=O)COc1ccc(C(C)(C)C)cc1)c1nnc2ccccn12. The van der Waals surface area contributed by atoms with Gasteiger partial charge in [-0.2, -0.15) is 0 Å². The van der Waals surface area contributed by atoms with E-state index in [1.165, 1.54) is 5.56 Å². The Morgan fingerprint density at radius 3 is 2.58 bits per heavy atom. The highest BCUT2D eigenvalue weighted by molar-refractivity contribution is 5.77. The Morgan fingerprint density at radius 2 is 1.88 bits per heavy atom. The third kappa shape index (κ3) is 4.02. The maximum atomic E-state index is 12.2. The standard InChI is InChI=1S/C20H24N4O2/c1-14(19-23-22-17-7-5-6-12-24(17)19)21-18(25)13-26-16-10-8-15(9-11-16)20(2,3)4/h5-12,14H,13H2,1-4H3,(H,21,25). The molecule has 1 unspecified atom stereocenters. The second kappa shape index (κ2) is 7.15. The first-order chi connectivity index (χ1) is 12.3. The second-order valence-corrected chi connectivity index (χ2v) is 7.34. The molecule has 0 spiro atoms. The Balaban J connectivity index is 1.57. The zero-order valence-corrected chi connectivity index (χ0v) is 15.6. The molecule has 0 radical (unpaired) electrons. The fraction of sp³-hybridized carbons (Fsp3) is 0.350. The number of pyridine rings is 1. The zero-order chi connectivity index (χ0) is 18.7. The van der Waals surface area contributed by atoms with Crippen LogP contribution in [0.15, 0.2) is 48.7 Å². The largest absolute Gasteiger partial charge is 0.484 e. The Morgan fingerprint density at radius 1 is 1.15 bits per heavy atom. The van der Waals surface area contributed by atoms with Crippen molar-refractivity contribution in [1.82, 2.24) is 19.9 Å². The zero-order valence-electron chi connectivity index (χ0n) is 15.6. The van der Waals surface area contributed by atoms with Crippen molar-refractivity contribution in [2.24, 2.45) is 0 Å². The molecule has 6 heteroatoms. The lowest BCUT2D eigenvalue weighted by molar-refractivity contribution is -0.123. The number of nitrogens with zero attached hydrogens (tertiary/aromatic N) is 3. The molecule has 3 aromatic rings. The van der Waals surface area contributed by atoms with Gasteiger partial charge in [-0.15, -0.1) is 10.2 Å². The van der Waals surface area contributed by atoms with Crippen LogP contribution in [0.25, 0.3) is 5.65 Å². The second-order valence-electron chi connectivity index (χ2n) is 7.34. The summed E-state index contributed by atoms with van der Waals surface area (Å²) >= 11 is 0. The topological polar surface area (TPSA) is 68.5 Å². The first-order valence-corrected chi connectivity index (χ1v) is 8.67. The van der Waals surface area contributed by atoms with Gasteiger partial charge in [0.2, 0.25) is 0 Å². The van der Waals surface area contributed by atoms with Gasteiger partial charge in [-0.3, -0.25) is 9.20 Å². The van der Waals surface area contributed by atoms with Crippen LogP contribution in [0.2, 0.25) is 0 Å². The molecule has 1 amide bonds. The van der Waals surface area contributed by atoms with E-state index in [4.69, 9.17) is 4.74 Å². The predicted octanol–water partition coefficient (Wildman–Crippen LogP) is 3.28. The molecule has 0 saturated carbocycles. The molecule has 0 aliphatic heterocycles. The van der Waals surface area contributed by atoms with E-state index in [2.05, 4.69) is 36.3 Å². The van der Waals surface area contributed by atoms with Gasteiger partial charge < -0.3 is 10.1 Å². The highest BCUT2D eigenvalue weighted by Crippen LogP contribution is 2.24. The van der Waals surface area contributed by atoms with E-state index in [-0.39, 0.29) is 24.0 Å². The van der Waals surface area contributed by atoms with Crippen molar-refractivity contribution < 1.29 is 9.53 Å². The molecule has 6 nitrogen and oxygen atoms in total. The van der Waals surface area contributed by atoms with E-state index in [1.807, 2.05) is 60.0 Å². The van der Waals surface area contributed by atoms with Gasteiger partial charge in [-0.25, -0.2) is 0 Å². The summed E-state index contributed by atoms with van der Waals surface area (Å²) in [7, 11) is 0. The molecule has 0 fully saturated rings. The van der Waals surface area contributed by atoms with Crippen molar-refractivity contribution in [1.29, 1.82) is 0 Å². The number of nitrogens with one attached hydrogen (secondary N) is 1. The normalized spacial score (nSPS) is 12.8. The van der Waals surface area contributed by atoms with Crippen LogP contribution in [0.1, 0.15) is 45.1 Å². The number of hydrogen-bond donors (Lipinski definition) is 1. The molecule has 0 aliphatic rings. The van der Waals surface area contributed by atoms with Crippen molar-refractivity contribution >= 4 is 11.6 Å². The van der Waals surface area contributed by atoms with Gasteiger partial charge in [0.25, 0.3) is 5.91 Å². The highest BCUT2D eigenvalue weighted by Gasteiger charge is 2.16. The Kier molecular flexibility index (Phi) is 4.93. The summed E-state index contributed by atoms with van der Waals surface area (Å²) in [5, 5.41) is 11.1. The lowest BCUT2D eigenvalue weighted by Crippen LogP contribution is -2.32. The highest BCUT2D eigenvalue weighted by atomic mass is 16.5. The van der Waals surface area contributed by atoms with Crippen molar-refractivity contribution in [3.05, 3.63) is 60.0 Å². The molecular formula is C20H24N4O2. The van der Waals surface area contributed by atoms with Gasteiger partial charge in [0.05, 0.1) is 6.04 Å². The third-order valence-corrected chi connectivity index (χ3v) is 4.20. The van der Waals surface area contributed by atoms with Crippen LogP contribution < -0.4 is 10.1 Å². The third-order valence-electron chi connectivity index (χ3n) is 4.20. The van der Waals surface area contributed by atoms with Crippen molar-refractivity contribution in [2.75, 3.05) is 6.61 Å². The number of benzene rings is 1. The van der Waals surface area contributed by atoms with Crippen LogP contribution in [0.5, 0.6) is 5.75 Å². The maximum Gasteiger partial charge on any atom is 0.258 e. The summed E-state index contributed by atoms with van der Waals surface area (Å²) in [6.45, 7) is 8.30. The van der Waals surface area contributed by atoms with Gasteiger partial charge in [-0.1, -0.05) is 39.0 Å². The van der Waals surface area contributed by atoms with Gasteiger partial charge in [-0.05, 0) is 42.2 Å². The fourth-order valence-corrected chi connectivity index (χ4v) is 2.70. The lowest BCUT2D eigenvalue weighted by Gasteiger charge is -2.19. The number of rotatable bonds is 5. The average molecular weight is 352 g/mol. The van der Waals surface area contributed by atoms with Crippen LogP contribution in [-0.4, -0.2) is 27.1 Å². The van der Waals surface area contributed by atoms with E-state index in [0.29, 0.717) is 11.6 Å². The van der Waals surface area contributed by atoms with Crippen LogP contribution in [0.4, 0.5) is 0 Å². The molecule has 1 aromatic carbocycles. The van der Waals surface area contributed by atoms with E-state index >= 15 is 0 Å². The summed E-state index contributed by atoms with van der Waals surface area (Å²) in [5.41, 5.74) is 2.06. The van der Waals surface area contributed by atoms with Crippen molar-refractivity contribution in [3.63, 3.8) is 0 Å². The van der Waals surface area contributed by atoms with Gasteiger partial charge in [0, 0.05) is 6.20 Å². The molecule has 2 aromatic heterocycles. The molecule has 2 heterocycles. The molecule has 1 atom stereocenters. The molecule has 0 bridgehead atoms. The van der Waals surface area contributed by atoms with Crippen molar-refractivity contribution in [2.45, 2.75) is 39.2 Å². The van der Waals surface area contributed by atoms with E-state index in [0.717, 1.165) is 5.65 Å². The minimum Gasteiger partial charge on any atom is -0.484 e. The number of amides is 1. The first kappa shape index (κ1) is 17.9. The number of carbonyl (C=O) groups is 1. The summed E-state index contributed by atoms with van der Waals surface area (Å²) in [6, 6.07) is 13.2. The summed E-state index contributed by atoms with van der Waals surface area (Å²) in [5.74, 6) is 1.15. The number of aromatic nitrogens is 3. The quantitative estimate of drug-likeness (QED) is 0.765. The van der Waals surface area contributed by atoms with Crippen LogP contribution in [0.3, 0.4) is 0 Å². The minimum atomic E-state index is -0.272. The Hall–Kier alpha value is -2.89. The summed E-state index contributed by atoms with van der Waals surface area (Å²) in [4.78, 5) is 12.2. The summed E-state index contributed by atoms with van der Waals surface area (Å²) < 4.78 is 7.44. The number of ether oxygens (including phenoxy) is 1. The maximum absolute atomic E-state index is 12.2. The first-order valence-electron chi connectivity index (χ1n) is 8.67. The van der Waals surface area contributed by atoms with Gasteiger partial charge in [0.15, 0.2) is 18.1 Å². The van der Waals surface area contributed by atoms with Crippen LogP contribution >= 0.6 is 0 Å². The minimum absolute atomic E-state index is 0.0457. The molecular weight excluding hydrogens is 328 g/mol. The van der Waals surface area contributed by atoms with Gasteiger partial charge >= 0.3 is 0 Å². The average Bonchev–Trinajstić information content (AvgIpc) is 3.04. The fourth-order valence-electron chi connectivity index (χ4n) is 2.70. The molecule has 1 N–H and O–H groups in total. The Bertz CT molecular complexity index is 894. The molecule has 136 valence electrons.